The molecule has 3 aromatic rings. The molecule has 0 aliphatic rings. The first-order valence-electron chi connectivity index (χ1n) is 9.13. The molecular formula is C20H18Br2N4O4. The number of unbranched alkanes of at least 4 members (excludes halogenated alkanes) is 1. The first-order chi connectivity index (χ1) is 14.3. The van der Waals surface area contributed by atoms with E-state index in [0.29, 0.717) is 33.2 Å². The van der Waals surface area contributed by atoms with Crippen molar-refractivity contribution in [3.8, 4) is 5.75 Å². The molecule has 0 aliphatic carbocycles. The number of hydrogen-bond acceptors (Lipinski definition) is 6. The van der Waals surface area contributed by atoms with Crippen LogP contribution in [-0.4, -0.2) is 27.9 Å². The Hall–Kier alpha value is -2.59. The molecule has 156 valence electrons. The zero-order chi connectivity index (χ0) is 21.8. The maximum Gasteiger partial charge on any atom is 0.312 e. The Morgan fingerprint density at radius 3 is 2.70 bits per heavy atom. The summed E-state index contributed by atoms with van der Waals surface area (Å²) in [6.45, 7) is 2.05. The van der Waals surface area contributed by atoms with Crippen molar-refractivity contribution in [3.63, 3.8) is 0 Å². The van der Waals surface area contributed by atoms with Crippen LogP contribution in [0.2, 0.25) is 0 Å². The molecular weight excluding hydrogens is 520 g/mol. The molecule has 0 spiro atoms. The topological polar surface area (TPSA) is 99.6 Å². The average molecular weight is 538 g/mol. The molecule has 10 heteroatoms. The van der Waals surface area contributed by atoms with Gasteiger partial charge in [-0.25, -0.2) is 4.98 Å². The molecule has 8 nitrogen and oxygen atoms in total. The first-order valence-corrected chi connectivity index (χ1v) is 10.7. The van der Waals surface area contributed by atoms with E-state index in [4.69, 9.17) is 4.74 Å². The number of nitrogens with zero attached hydrogens (tertiary/aromatic N) is 4. The van der Waals surface area contributed by atoms with Gasteiger partial charge in [-0.2, -0.15) is 9.78 Å². The number of halogens is 2. The Labute approximate surface area is 189 Å². The summed E-state index contributed by atoms with van der Waals surface area (Å²) in [4.78, 5) is 28.6. The van der Waals surface area contributed by atoms with Crippen molar-refractivity contribution in [3.05, 3.63) is 71.1 Å². The lowest BCUT2D eigenvalue weighted by Crippen LogP contribution is -2.22. The minimum Gasteiger partial charge on any atom is -0.490 e. The summed E-state index contributed by atoms with van der Waals surface area (Å²) in [7, 11) is 1.35. The molecule has 3 rings (SSSR count). The number of aryl methyl sites for hydroxylation is 1. The quantitative estimate of drug-likeness (QED) is 0.238. The number of fused-ring (bicyclic) bond motifs is 1. The standard InChI is InChI=1S/C20H18Br2N4O4/c1-3-4-5-18-24-16-7-6-13(21)9-15(16)20(27)25(18)23-11-12-8-14(22)10-17(26(28)29)19(12)30-2/h6-11H,3-5H2,1-2H3. The van der Waals surface area contributed by atoms with Crippen LogP contribution in [0.15, 0.2) is 49.2 Å². The second-order valence-electron chi connectivity index (χ2n) is 6.46. The van der Waals surface area contributed by atoms with E-state index >= 15 is 0 Å². The second kappa shape index (κ2) is 9.48. The van der Waals surface area contributed by atoms with Crippen molar-refractivity contribution >= 4 is 54.7 Å². The summed E-state index contributed by atoms with van der Waals surface area (Å²) in [5.41, 5.74) is 0.442. The average Bonchev–Trinajstić information content (AvgIpc) is 2.71. The molecule has 0 bridgehead atoms. The Bertz CT molecular complexity index is 1210. The fraction of sp³-hybridized carbons (Fsp3) is 0.250. The number of ether oxygens (including phenoxy) is 1. The fourth-order valence-electron chi connectivity index (χ4n) is 2.98. The summed E-state index contributed by atoms with van der Waals surface area (Å²) < 4.78 is 7.73. The molecule has 0 atom stereocenters. The summed E-state index contributed by atoms with van der Waals surface area (Å²) in [6.07, 6.45) is 3.73. The van der Waals surface area contributed by atoms with E-state index in [1.807, 2.05) is 6.07 Å². The third-order valence-corrected chi connectivity index (χ3v) is 5.36. The van der Waals surface area contributed by atoms with Gasteiger partial charge >= 0.3 is 5.69 Å². The zero-order valence-electron chi connectivity index (χ0n) is 16.3. The SMILES string of the molecule is CCCCc1nc2ccc(Br)cc2c(=O)n1N=Cc1cc(Br)cc([N+](=O)[O-])c1OC. The Morgan fingerprint density at radius 1 is 1.27 bits per heavy atom. The van der Waals surface area contributed by atoms with Crippen LogP contribution in [0, 0.1) is 10.1 Å². The summed E-state index contributed by atoms with van der Waals surface area (Å²) in [5.74, 6) is 0.586. The maximum atomic E-state index is 13.1. The molecule has 30 heavy (non-hydrogen) atoms. The first kappa shape index (κ1) is 22.1. The smallest absolute Gasteiger partial charge is 0.312 e. The van der Waals surface area contributed by atoms with Gasteiger partial charge in [-0.05, 0) is 30.7 Å². The van der Waals surface area contributed by atoms with Gasteiger partial charge in [0.05, 0.1) is 29.2 Å². The highest BCUT2D eigenvalue weighted by molar-refractivity contribution is 9.10. The highest BCUT2D eigenvalue weighted by Gasteiger charge is 2.19. The third-order valence-electron chi connectivity index (χ3n) is 4.41. The third kappa shape index (κ3) is 4.59. The Morgan fingerprint density at radius 2 is 2.03 bits per heavy atom. The van der Waals surface area contributed by atoms with Crippen molar-refractivity contribution in [2.24, 2.45) is 5.10 Å². The van der Waals surface area contributed by atoms with Crippen LogP contribution in [0.1, 0.15) is 31.2 Å². The molecule has 1 heterocycles. The van der Waals surface area contributed by atoms with Crippen molar-refractivity contribution < 1.29 is 9.66 Å². The van der Waals surface area contributed by atoms with Gasteiger partial charge in [0.15, 0.2) is 0 Å². The zero-order valence-corrected chi connectivity index (χ0v) is 19.4. The fourth-order valence-corrected chi connectivity index (χ4v) is 3.81. The van der Waals surface area contributed by atoms with E-state index in [1.54, 1.807) is 18.2 Å². The van der Waals surface area contributed by atoms with Crippen LogP contribution in [0.5, 0.6) is 5.75 Å². The second-order valence-corrected chi connectivity index (χ2v) is 8.29. The summed E-state index contributed by atoms with van der Waals surface area (Å²) in [5, 5.41) is 16.1. The number of methoxy groups -OCH3 is 1. The monoisotopic (exact) mass is 536 g/mol. The van der Waals surface area contributed by atoms with Gasteiger partial charge in [0.1, 0.15) is 5.82 Å². The van der Waals surface area contributed by atoms with E-state index in [1.165, 1.54) is 24.1 Å². The van der Waals surface area contributed by atoms with Gasteiger partial charge in [-0.3, -0.25) is 14.9 Å². The lowest BCUT2D eigenvalue weighted by Gasteiger charge is -2.10. The van der Waals surface area contributed by atoms with Gasteiger partial charge in [0, 0.05) is 27.0 Å². The van der Waals surface area contributed by atoms with E-state index in [-0.39, 0.29) is 17.0 Å². The predicted molar refractivity (Wildman–Crippen MR) is 123 cm³/mol. The molecule has 0 unspecified atom stereocenters. The Kier molecular flexibility index (Phi) is 6.99. The molecule has 0 aliphatic heterocycles. The predicted octanol–water partition coefficient (Wildman–Crippen LogP) is 5.06. The Balaban J connectivity index is 2.19. The van der Waals surface area contributed by atoms with Crippen LogP contribution >= 0.6 is 31.9 Å². The molecule has 1 aromatic heterocycles. The molecule has 0 N–H and O–H groups in total. The van der Waals surface area contributed by atoms with Gasteiger partial charge in [-0.15, -0.1) is 0 Å². The van der Waals surface area contributed by atoms with Gasteiger partial charge in [0.25, 0.3) is 5.56 Å². The molecule has 0 radical (unpaired) electrons. The van der Waals surface area contributed by atoms with Crippen molar-refractivity contribution in [1.82, 2.24) is 9.66 Å². The van der Waals surface area contributed by atoms with Gasteiger partial charge in [0.2, 0.25) is 5.75 Å². The normalized spacial score (nSPS) is 11.3. The molecule has 2 aromatic carbocycles. The molecule has 0 amide bonds. The maximum absolute atomic E-state index is 13.1. The lowest BCUT2D eigenvalue weighted by molar-refractivity contribution is -0.385. The van der Waals surface area contributed by atoms with E-state index in [9.17, 15) is 14.9 Å². The number of benzene rings is 2. The van der Waals surface area contributed by atoms with Crippen molar-refractivity contribution in [2.75, 3.05) is 7.11 Å². The number of hydrogen-bond donors (Lipinski definition) is 0. The van der Waals surface area contributed by atoms with Crippen molar-refractivity contribution in [2.45, 2.75) is 26.2 Å². The number of nitro groups is 1. The van der Waals surface area contributed by atoms with E-state index in [0.717, 1.165) is 17.3 Å². The minimum absolute atomic E-state index is 0.0617. The number of nitro benzene ring substituents is 1. The largest absolute Gasteiger partial charge is 0.490 e. The lowest BCUT2D eigenvalue weighted by atomic mass is 10.2. The summed E-state index contributed by atoms with van der Waals surface area (Å²) in [6, 6.07) is 8.30. The highest BCUT2D eigenvalue weighted by atomic mass is 79.9. The van der Waals surface area contributed by atoms with Crippen LogP contribution in [0.4, 0.5) is 5.69 Å². The molecule has 0 saturated carbocycles. The highest BCUT2D eigenvalue weighted by Crippen LogP contribution is 2.33. The van der Waals surface area contributed by atoms with Gasteiger partial charge in [-0.1, -0.05) is 45.2 Å². The molecule has 0 saturated heterocycles. The number of rotatable bonds is 7. The van der Waals surface area contributed by atoms with Crippen LogP contribution in [0.25, 0.3) is 10.9 Å². The summed E-state index contributed by atoms with van der Waals surface area (Å²) >= 11 is 6.64. The van der Waals surface area contributed by atoms with Crippen LogP contribution in [-0.2, 0) is 6.42 Å². The number of aromatic nitrogens is 2. The minimum atomic E-state index is -0.533. The van der Waals surface area contributed by atoms with Crippen molar-refractivity contribution in [1.29, 1.82) is 0 Å². The van der Waals surface area contributed by atoms with Gasteiger partial charge < -0.3 is 4.74 Å². The van der Waals surface area contributed by atoms with Crippen LogP contribution < -0.4 is 10.3 Å². The van der Waals surface area contributed by atoms with E-state index < -0.39 is 4.92 Å². The molecule has 0 fully saturated rings. The van der Waals surface area contributed by atoms with Crippen LogP contribution in [0.3, 0.4) is 0 Å². The van der Waals surface area contributed by atoms with E-state index in [2.05, 4.69) is 48.9 Å².